The average Bonchev–Trinajstić information content (AvgIpc) is 3.16. The second-order valence-corrected chi connectivity index (χ2v) is 6.90. The van der Waals surface area contributed by atoms with E-state index in [1.807, 2.05) is 18.9 Å². The summed E-state index contributed by atoms with van der Waals surface area (Å²) < 4.78 is 10.9. The Morgan fingerprint density at radius 3 is 2.82 bits per heavy atom. The van der Waals surface area contributed by atoms with Gasteiger partial charge in [-0.2, -0.15) is 4.98 Å². The molecule has 28 heavy (non-hydrogen) atoms. The Morgan fingerprint density at radius 1 is 1.36 bits per heavy atom. The molecule has 1 atom stereocenters. The Balaban J connectivity index is 1.62. The first-order valence-corrected chi connectivity index (χ1v) is 9.18. The van der Waals surface area contributed by atoms with Crippen molar-refractivity contribution < 1.29 is 18.8 Å². The van der Waals surface area contributed by atoms with E-state index in [4.69, 9.17) is 9.26 Å². The van der Waals surface area contributed by atoms with Crippen LogP contribution in [0.1, 0.15) is 35.4 Å². The number of nitrogens with one attached hydrogen (secondary N) is 1. The molecule has 9 heteroatoms. The Labute approximate surface area is 163 Å². The number of hydrogen-bond donors (Lipinski definition) is 1. The van der Waals surface area contributed by atoms with Crippen molar-refractivity contribution in [2.45, 2.75) is 32.4 Å². The Morgan fingerprint density at radius 2 is 2.14 bits per heavy atom. The van der Waals surface area contributed by atoms with Crippen molar-refractivity contribution in [3.63, 3.8) is 0 Å². The van der Waals surface area contributed by atoms with Crippen LogP contribution >= 0.6 is 0 Å². The fraction of sp³-hybridized carbons (Fsp3) is 0.474. The van der Waals surface area contributed by atoms with Crippen LogP contribution in [0.5, 0.6) is 5.75 Å². The van der Waals surface area contributed by atoms with Crippen LogP contribution in [0.25, 0.3) is 0 Å². The third-order valence-corrected chi connectivity index (χ3v) is 4.66. The first kappa shape index (κ1) is 19.7. The topological polar surface area (TPSA) is 101 Å². The van der Waals surface area contributed by atoms with E-state index in [-0.39, 0.29) is 30.8 Å². The van der Waals surface area contributed by atoms with Gasteiger partial charge in [-0.25, -0.2) is 0 Å². The zero-order valence-corrected chi connectivity index (χ0v) is 16.6. The molecule has 2 aromatic rings. The number of amides is 2. The van der Waals surface area contributed by atoms with Gasteiger partial charge < -0.3 is 24.4 Å². The standard InChI is InChI=1S/C19H25N5O4/c1-5-16-21-18(28-22-16)10-20-17(25)9-13-11-27-15-7-6-12(19(26)23(2)3)8-14(15)24(13)4/h6-8,13H,5,9-11H2,1-4H3,(H,20,25)/t13-/m1/s1. The normalized spacial score (nSPS) is 15.6. The minimum atomic E-state index is -0.147. The highest BCUT2D eigenvalue weighted by Crippen LogP contribution is 2.34. The van der Waals surface area contributed by atoms with Crippen molar-refractivity contribution in [2.75, 3.05) is 32.6 Å². The van der Waals surface area contributed by atoms with Crippen molar-refractivity contribution in [1.29, 1.82) is 0 Å². The second-order valence-electron chi connectivity index (χ2n) is 6.90. The molecule has 1 aliphatic heterocycles. The SMILES string of the molecule is CCc1noc(CNC(=O)C[C@@H]2COc3ccc(C(=O)N(C)C)cc3N2C)n1. The van der Waals surface area contributed by atoms with Gasteiger partial charge >= 0.3 is 0 Å². The number of aryl methyl sites for hydroxylation is 1. The summed E-state index contributed by atoms with van der Waals surface area (Å²) in [6.45, 7) is 2.51. The molecule has 0 fully saturated rings. The van der Waals surface area contributed by atoms with Crippen molar-refractivity contribution in [3.05, 3.63) is 35.5 Å². The van der Waals surface area contributed by atoms with Crippen molar-refractivity contribution in [2.24, 2.45) is 0 Å². The van der Waals surface area contributed by atoms with Gasteiger partial charge in [0.15, 0.2) is 5.82 Å². The molecular weight excluding hydrogens is 362 g/mol. The lowest BCUT2D eigenvalue weighted by Crippen LogP contribution is -2.43. The highest BCUT2D eigenvalue weighted by Gasteiger charge is 2.28. The van der Waals surface area contributed by atoms with Crippen LogP contribution in [0.3, 0.4) is 0 Å². The van der Waals surface area contributed by atoms with Gasteiger partial charge in [0.25, 0.3) is 5.91 Å². The largest absolute Gasteiger partial charge is 0.489 e. The van der Waals surface area contributed by atoms with Gasteiger partial charge in [-0.15, -0.1) is 0 Å². The molecule has 2 heterocycles. The van der Waals surface area contributed by atoms with Crippen molar-refractivity contribution >= 4 is 17.5 Å². The minimum Gasteiger partial charge on any atom is -0.489 e. The number of likely N-dealkylation sites (N-methyl/N-ethyl adjacent to an activating group) is 1. The first-order chi connectivity index (χ1) is 13.4. The van der Waals surface area contributed by atoms with E-state index in [1.54, 1.807) is 32.3 Å². The number of carbonyl (C=O) groups excluding carboxylic acids is 2. The molecular formula is C19H25N5O4. The molecule has 0 spiro atoms. The molecule has 0 unspecified atom stereocenters. The zero-order valence-electron chi connectivity index (χ0n) is 16.6. The van der Waals surface area contributed by atoms with Crippen molar-refractivity contribution in [1.82, 2.24) is 20.4 Å². The number of nitrogens with zero attached hydrogens (tertiary/aromatic N) is 4. The molecule has 1 aromatic carbocycles. The lowest BCUT2D eigenvalue weighted by Gasteiger charge is -2.35. The number of anilines is 1. The van der Waals surface area contributed by atoms with E-state index in [9.17, 15) is 9.59 Å². The molecule has 1 aliphatic rings. The van der Waals surface area contributed by atoms with Gasteiger partial charge in [-0.1, -0.05) is 12.1 Å². The number of aromatic nitrogens is 2. The van der Waals surface area contributed by atoms with Crippen molar-refractivity contribution in [3.8, 4) is 5.75 Å². The predicted octanol–water partition coefficient (Wildman–Crippen LogP) is 1.24. The minimum absolute atomic E-state index is 0.0814. The van der Waals surface area contributed by atoms with E-state index in [0.717, 1.165) is 5.69 Å². The Hall–Kier alpha value is -3.10. The van der Waals surface area contributed by atoms with Crippen LogP contribution in [0.2, 0.25) is 0 Å². The summed E-state index contributed by atoms with van der Waals surface area (Å²) in [6.07, 6.45) is 0.927. The summed E-state index contributed by atoms with van der Waals surface area (Å²) in [7, 11) is 5.32. The molecule has 0 aliphatic carbocycles. The molecule has 0 saturated heterocycles. The zero-order chi connectivity index (χ0) is 20.3. The van der Waals surface area contributed by atoms with Crippen LogP contribution in [0, 0.1) is 0 Å². The van der Waals surface area contributed by atoms with Crippen LogP contribution in [0.15, 0.2) is 22.7 Å². The van der Waals surface area contributed by atoms with E-state index < -0.39 is 0 Å². The smallest absolute Gasteiger partial charge is 0.253 e. The van der Waals surface area contributed by atoms with E-state index >= 15 is 0 Å². The molecule has 2 amide bonds. The second kappa shape index (κ2) is 8.28. The molecule has 0 bridgehead atoms. The van der Waals surface area contributed by atoms with E-state index in [2.05, 4.69) is 15.5 Å². The highest BCUT2D eigenvalue weighted by atomic mass is 16.5. The summed E-state index contributed by atoms with van der Waals surface area (Å²) in [5, 5.41) is 6.60. The summed E-state index contributed by atoms with van der Waals surface area (Å²) >= 11 is 0. The van der Waals surface area contributed by atoms with Gasteiger partial charge in [0.2, 0.25) is 11.8 Å². The Bertz CT molecular complexity index is 864. The van der Waals surface area contributed by atoms with Crippen LogP contribution < -0.4 is 15.0 Å². The quantitative estimate of drug-likeness (QED) is 0.796. The molecule has 150 valence electrons. The maximum absolute atomic E-state index is 12.3. The number of fused-ring (bicyclic) bond motifs is 1. The maximum Gasteiger partial charge on any atom is 0.253 e. The van der Waals surface area contributed by atoms with Gasteiger partial charge in [0.1, 0.15) is 12.4 Å². The van der Waals surface area contributed by atoms with Crippen LogP contribution in [0.4, 0.5) is 5.69 Å². The van der Waals surface area contributed by atoms with Gasteiger partial charge in [-0.3, -0.25) is 9.59 Å². The number of carbonyl (C=O) groups is 2. The predicted molar refractivity (Wildman–Crippen MR) is 102 cm³/mol. The van der Waals surface area contributed by atoms with E-state index in [0.29, 0.717) is 36.1 Å². The van der Waals surface area contributed by atoms with Crippen LogP contribution in [-0.2, 0) is 17.8 Å². The summed E-state index contributed by atoms with van der Waals surface area (Å²) in [5.41, 5.74) is 1.37. The number of rotatable bonds is 6. The number of ether oxygens (including phenoxy) is 1. The fourth-order valence-electron chi connectivity index (χ4n) is 2.96. The van der Waals surface area contributed by atoms with Gasteiger partial charge in [-0.05, 0) is 18.2 Å². The molecule has 9 nitrogen and oxygen atoms in total. The summed E-state index contributed by atoms with van der Waals surface area (Å²) in [6, 6.07) is 5.19. The van der Waals surface area contributed by atoms with Crippen LogP contribution in [-0.4, -0.2) is 60.6 Å². The number of benzene rings is 1. The average molecular weight is 387 g/mol. The lowest BCUT2D eigenvalue weighted by atomic mass is 10.1. The van der Waals surface area contributed by atoms with Gasteiger partial charge in [0.05, 0.1) is 24.7 Å². The molecule has 0 radical (unpaired) electrons. The lowest BCUT2D eigenvalue weighted by molar-refractivity contribution is -0.121. The molecule has 1 N–H and O–H groups in total. The monoisotopic (exact) mass is 387 g/mol. The summed E-state index contributed by atoms with van der Waals surface area (Å²) in [4.78, 5) is 32.2. The first-order valence-electron chi connectivity index (χ1n) is 9.18. The highest BCUT2D eigenvalue weighted by molar-refractivity contribution is 5.95. The third kappa shape index (κ3) is 4.24. The number of hydrogen-bond acceptors (Lipinski definition) is 7. The molecule has 0 saturated carbocycles. The maximum atomic E-state index is 12.3. The third-order valence-electron chi connectivity index (χ3n) is 4.66. The van der Waals surface area contributed by atoms with Gasteiger partial charge in [0, 0.05) is 33.1 Å². The van der Waals surface area contributed by atoms with E-state index in [1.165, 1.54) is 4.90 Å². The fourth-order valence-corrected chi connectivity index (χ4v) is 2.96. The molecule has 1 aromatic heterocycles. The Kier molecular flexibility index (Phi) is 5.81. The summed E-state index contributed by atoms with van der Waals surface area (Å²) in [5.74, 6) is 1.48. The molecule has 3 rings (SSSR count).